The van der Waals surface area contributed by atoms with Crippen LogP contribution >= 0.6 is 0 Å². The van der Waals surface area contributed by atoms with E-state index in [0.29, 0.717) is 5.92 Å². The van der Waals surface area contributed by atoms with Gasteiger partial charge in [-0.05, 0) is 26.2 Å². The number of aliphatic hydroxyl groups excluding tert-OH is 1. The fraction of sp³-hybridized carbons (Fsp3) is 0.240. The van der Waals surface area contributed by atoms with Crippen LogP contribution in [0.5, 0.6) is 0 Å². The van der Waals surface area contributed by atoms with Crippen molar-refractivity contribution in [2.24, 2.45) is 5.92 Å². The summed E-state index contributed by atoms with van der Waals surface area (Å²) in [6.45, 7) is 7.37. The number of carbonyl (C=O) groups excluding carboxylic acids is 1. The van der Waals surface area contributed by atoms with Crippen molar-refractivity contribution in [1.82, 2.24) is 0 Å². The van der Waals surface area contributed by atoms with Gasteiger partial charge in [-0.1, -0.05) is 36.9 Å². The Kier molecular flexibility index (Phi) is 9.85. The molecule has 149 valence electrons. The molecule has 1 N–H and O–H groups in total. The van der Waals surface area contributed by atoms with E-state index in [-0.39, 0.29) is 31.6 Å². The molecule has 0 aromatic heterocycles. The molecule has 3 aromatic rings. The van der Waals surface area contributed by atoms with Gasteiger partial charge in [-0.25, -0.2) is 5.56 Å². The second-order valence-corrected chi connectivity index (χ2v) is 7.02. The van der Waals surface area contributed by atoms with Gasteiger partial charge in [-0.2, -0.15) is 42.0 Å². The first-order valence-corrected chi connectivity index (χ1v) is 9.15. The van der Waals surface area contributed by atoms with E-state index in [1.54, 1.807) is 0 Å². The van der Waals surface area contributed by atoms with Crippen LogP contribution in [-0.4, -0.2) is 10.9 Å². The van der Waals surface area contributed by atoms with Gasteiger partial charge in [0.05, 0.1) is 5.76 Å². The van der Waals surface area contributed by atoms with Gasteiger partial charge >= 0.3 is 0 Å². The first-order chi connectivity index (χ1) is 12.9. The molecule has 0 aliphatic rings. The largest absolute Gasteiger partial charge is 0.512 e. The van der Waals surface area contributed by atoms with Crippen LogP contribution in [0.15, 0.2) is 66.4 Å². The Labute approximate surface area is 181 Å². The molecule has 0 spiro atoms. The van der Waals surface area contributed by atoms with E-state index >= 15 is 0 Å². The molecule has 0 saturated heterocycles. The van der Waals surface area contributed by atoms with Crippen molar-refractivity contribution in [3.05, 3.63) is 84.1 Å². The summed E-state index contributed by atoms with van der Waals surface area (Å²) in [6, 6.07) is 25.7. The predicted molar refractivity (Wildman–Crippen MR) is 113 cm³/mol. The standard InChI is InChI=1S/C20H18.C5H8O2.Ir/c1-15(2)13-18-9-6-10-19-14-17(11-12-20(18)19)16-7-4-3-5-8-16;1-4(6)3-5(2)7;/h3-7,9-12,15H,13H2,1-2H3;3,6H,1-2H3;/q-2;;/b;4-3-;. The first kappa shape index (κ1) is 23.8. The quantitative estimate of drug-likeness (QED) is 0.234. The Morgan fingerprint density at radius 1 is 1.04 bits per heavy atom. The SMILES string of the molecule is CC(=O)/C=C(/C)O.CC(C)Cc1cccc2[c-]c(-c3[c-]cccc3)ccc12.[Ir]. The Morgan fingerprint density at radius 2 is 1.79 bits per heavy atom. The third-order valence-corrected chi connectivity index (χ3v) is 3.92. The summed E-state index contributed by atoms with van der Waals surface area (Å²) in [5.74, 6) is 0.607. The van der Waals surface area contributed by atoms with Gasteiger partial charge in [0.25, 0.3) is 0 Å². The minimum atomic E-state index is -0.125. The van der Waals surface area contributed by atoms with Gasteiger partial charge < -0.3 is 5.11 Å². The van der Waals surface area contributed by atoms with Gasteiger partial charge in [-0.15, -0.1) is 23.6 Å². The van der Waals surface area contributed by atoms with Crippen LogP contribution in [0, 0.1) is 18.1 Å². The van der Waals surface area contributed by atoms with Crippen LogP contribution in [0.3, 0.4) is 0 Å². The molecule has 28 heavy (non-hydrogen) atoms. The molecule has 0 unspecified atom stereocenters. The molecule has 0 fully saturated rings. The normalized spacial score (nSPS) is 10.8. The number of ketones is 1. The second-order valence-electron chi connectivity index (χ2n) is 7.02. The van der Waals surface area contributed by atoms with Crippen molar-refractivity contribution >= 4 is 16.6 Å². The third kappa shape index (κ3) is 7.42. The van der Waals surface area contributed by atoms with Crippen LogP contribution in [0.4, 0.5) is 0 Å². The average Bonchev–Trinajstić information content (AvgIpc) is 2.61. The fourth-order valence-electron chi connectivity index (χ4n) is 2.90. The molecule has 0 bridgehead atoms. The third-order valence-electron chi connectivity index (χ3n) is 3.92. The van der Waals surface area contributed by atoms with Gasteiger partial charge in [0.15, 0.2) is 5.78 Å². The van der Waals surface area contributed by atoms with Crippen molar-refractivity contribution in [1.29, 1.82) is 0 Å². The number of hydrogen-bond acceptors (Lipinski definition) is 2. The summed E-state index contributed by atoms with van der Waals surface area (Å²) >= 11 is 0. The number of carbonyl (C=O) groups is 1. The van der Waals surface area contributed by atoms with Gasteiger partial charge in [0, 0.05) is 26.2 Å². The molecule has 3 heteroatoms. The van der Waals surface area contributed by atoms with Crippen LogP contribution in [0.25, 0.3) is 21.9 Å². The molecule has 0 atom stereocenters. The molecule has 0 amide bonds. The second kappa shape index (κ2) is 11.6. The van der Waals surface area contributed by atoms with Gasteiger partial charge in [0.2, 0.25) is 0 Å². The summed E-state index contributed by atoms with van der Waals surface area (Å²) < 4.78 is 0. The molecule has 0 heterocycles. The number of benzene rings is 3. The Balaban J connectivity index is 0.000000425. The number of rotatable bonds is 4. The number of hydrogen-bond donors (Lipinski definition) is 1. The maximum absolute atomic E-state index is 10.0. The molecule has 0 saturated carbocycles. The maximum Gasteiger partial charge on any atom is 0.155 e. The molecule has 1 radical (unpaired) electrons. The van der Waals surface area contributed by atoms with Crippen molar-refractivity contribution in [3.63, 3.8) is 0 Å². The summed E-state index contributed by atoms with van der Waals surface area (Å²) in [7, 11) is 0. The van der Waals surface area contributed by atoms with E-state index in [1.807, 2.05) is 18.2 Å². The molecule has 3 aromatic carbocycles. The molecule has 3 rings (SSSR count). The van der Waals surface area contributed by atoms with Crippen LogP contribution in [0.1, 0.15) is 33.3 Å². The summed E-state index contributed by atoms with van der Waals surface area (Å²) in [5, 5.41) is 10.9. The minimum Gasteiger partial charge on any atom is -0.512 e. The monoisotopic (exact) mass is 551 g/mol. The number of aliphatic hydroxyl groups is 1. The molecule has 2 nitrogen and oxygen atoms in total. The molecule has 0 aliphatic carbocycles. The zero-order chi connectivity index (χ0) is 19.8. The zero-order valence-corrected chi connectivity index (χ0v) is 19.1. The van der Waals surface area contributed by atoms with Crippen molar-refractivity contribution < 1.29 is 30.0 Å². The summed E-state index contributed by atoms with van der Waals surface area (Å²) in [4.78, 5) is 10.0. The Hall–Kier alpha value is -2.22. The molecule has 0 aliphatic heterocycles. The van der Waals surface area contributed by atoms with E-state index in [9.17, 15) is 4.79 Å². The van der Waals surface area contributed by atoms with Gasteiger partial charge in [0.1, 0.15) is 0 Å². The minimum absolute atomic E-state index is 0. The van der Waals surface area contributed by atoms with Crippen molar-refractivity contribution in [2.75, 3.05) is 0 Å². The predicted octanol–water partition coefficient (Wildman–Crippen LogP) is 6.34. The maximum atomic E-state index is 10.0. The number of allylic oxidation sites excluding steroid dienone is 2. The van der Waals surface area contributed by atoms with Crippen LogP contribution in [-0.2, 0) is 31.3 Å². The zero-order valence-electron chi connectivity index (χ0n) is 16.7. The Morgan fingerprint density at radius 3 is 2.32 bits per heavy atom. The first-order valence-electron chi connectivity index (χ1n) is 9.15. The average molecular weight is 551 g/mol. The van der Waals surface area contributed by atoms with E-state index in [4.69, 9.17) is 5.11 Å². The molecular weight excluding hydrogens is 524 g/mol. The Bertz CT molecular complexity index is 924. The smallest absolute Gasteiger partial charge is 0.155 e. The number of fused-ring (bicyclic) bond motifs is 1. The summed E-state index contributed by atoms with van der Waals surface area (Å²) in [6.07, 6.45) is 2.28. The van der Waals surface area contributed by atoms with Crippen molar-refractivity contribution in [2.45, 2.75) is 34.1 Å². The van der Waals surface area contributed by atoms with E-state index in [0.717, 1.165) is 17.5 Å². The van der Waals surface area contributed by atoms with E-state index < -0.39 is 0 Å². The van der Waals surface area contributed by atoms with Crippen LogP contribution < -0.4 is 0 Å². The fourth-order valence-corrected chi connectivity index (χ4v) is 2.90. The topological polar surface area (TPSA) is 37.3 Å². The van der Waals surface area contributed by atoms with E-state index in [2.05, 4.69) is 62.4 Å². The van der Waals surface area contributed by atoms with Gasteiger partial charge in [-0.3, -0.25) is 4.79 Å². The van der Waals surface area contributed by atoms with Crippen molar-refractivity contribution in [3.8, 4) is 11.1 Å². The van der Waals surface area contributed by atoms with E-state index in [1.165, 1.54) is 36.3 Å². The van der Waals surface area contributed by atoms with Crippen LogP contribution in [0.2, 0.25) is 0 Å². The summed E-state index contributed by atoms with van der Waals surface area (Å²) in [5.41, 5.74) is 3.63. The molecular formula is C25H26IrO2-2.